The van der Waals surface area contributed by atoms with Crippen molar-refractivity contribution in [2.75, 3.05) is 6.61 Å². The highest BCUT2D eigenvalue weighted by Gasteiger charge is 2.50. The molecule has 1 aliphatic heterocycles. The Morgan fingerprint density at radius 2 is 2.06 bits per heavy atom. The van der Waals surface area contributed by atoms with Crippen molar-refractivity contribution in [3.05, 3.63) is 35.9 Å². The lowest BCUT2D eigenvalue weighted by Gasteiger charge is -2.28. The monoisotopic (exact) mass is 246 g/mol. The first kappa shape index (κ1) is 11.3. The molecular weight excluding hydrogens is 232 g/mol. The number of carbonyl (C=O) groups excluding carboxylic acids is 2. The van der Waals surface area contributed by atoms with Gasteiger partial charge in [0.1, 0.15) is 12.7 Å². The van der Waals surface area contributed by atoms with Gasteiger partial charge in [0.15, 0.2) is 0 Å². The van der Waals surface area contributed by atoms with Gasteiger partial charge in [-0.3, -0.25) is 4.79 Å². The molecule has 0 spiro atoms. The summed E-state index contributed by atoms with van der Waals surface area (Å²) in [6, 6.07) is 8.82. The van der Waals surface area contributed by atoms with Crippen LogP contribution in [-0.2, 0) is 14.3 Å². The second kappa shape index (κ2) is 4.44. The van der Waals surface area contributed by atoms with Crippen molar-refractivity contribution in [2.24, 2.45) is 11.8 Å². The second-order valence-corrected chi connectivity index (χ2v) is 4.79. The van der Waals surface area contributed by atoms with E-state index in [9.17, 15) is 9.59 Å². The average molecular weight is 246 g/mol. The Labute approximate surface area is 105 Å². The normalized spacial score (nSPS) is 29.1. The number of fused-ring (bicyclic) bond motifs is 1. The lowest BCUT2D eigenvalue weighted by Crippen LogP contribution is -2.33. The number of hydrogen-bond acceptors (Lipinski definition) is 4. The van der Waals surface area contributed by atoms with Crippen molar-refractivity contribution in [3.8, 4) is 0 Å². The van der Waals surface area contributed by atoms with Crippen molar-refractivity contribution >= 4 is 11.9 Å². The number of benzene rings is 1. The van der Waals surface area contributed by atoms with Gasteiger partial charge in [0.2, 0.25) is 0 Å². The summed E-state index contributed by atoms with van der Waals surface area (Å²) in [6.45, 7) is 0.167. The third-order valence-corrected chi connectivity index (χ3v) is 3.76. The van der Waals surface area contributed by atoms with E-state index in [0.29, 0.717) is 5.56 Å². The molecule has 94 valence electrons. The summed E-state index contributed by atoms with van der Waals surface area (Å²) in [5.74, 6) is -0.201. The van der Waals surface area contributed by atoms with Crippen molar-refractivity contribution in [3.63, 3.8) is 0 Å². The molecule has 2 aliphatic rings. The summed E-state index contributed by atoms with van der Waals surface area (Å²) in [6.07, 6.45) is 1.65. The zero-order valence-corrected chi connectivity index (χ0v) is 9.87. The molecule has 0 radical (unpaired) electrons. The van der Waals surface area contributed by atoms with Crippen LogP contribution in [0.25, 0.3) is 0 Å². The molecule has 3 rings (SSSR count). The van der Waals surface area contributed by atoms with Crippen LogP contribution in [0.5, 0.6) is 0 Å². The van der Waals surface area contributed by atoms with Gasteiger partial charge in [-0.15, -0.1) is 0 Å². The zero-order valence-electron chi connectivity index (χ0n) is 9.87. The maximum atomic E-state index is 11.7. The molecule has 1 saturated carbocycles. The lowest BCUT2D eigenvalue weighted by molar-refractivity contribution is -0.145. The molecule has 0 N–H and O–H groups in total. The average Bonchev–Trinajstić information content (AvgIpc) is 2.55. The van der Waals surface area contributed by atoms with Crippen molar-refractivity contribution in [2.45, 2.75) is 18.9 Å². The Bertz CT molecular complexity index is 468. The van der Waals surface area contributed by atoms with Crippen molar-refractivity contribution < 1.29 is 19.1 Å². The van der Waals surface area contributed by atoms with Crippen LogP contribution in [-0.4, -0.2) is 24.6 Å². The fraction of sp³-hybridized carbons (Fsp3) is 0.429. The van der Waals surface area contributed by atoms with E-state index in [1.54, 1.807) is 24.3 Å². The molecule has 0 aromatic heterocycles. The van der Waals surface area contributed by atoms with Gasteiger partial charge in [0.05, 0.1) is 11.5 Å². The maximum Gasteiger partial charge on any atom is 0.338 e. The van der Waals surface area contributed by atoms with Crippen LogP contribution >= 0.6 is 0 Å². The largest absolute Gasteiger partial charge is 0.458 e. The van der Waals surface area contributed by atoms with Crippen molar-refractivity contribution in [1.29, 1.82) is 0 Å². The Hall–Kier alpha value is -1.84. The molecule has 3 atom stereocenters. The molecule has 0 bridgehead atoms. The third kappa shape index (κ3) is 1.88. The molecule has 1 aliphatic carbocycles. The number of rotatable bonds is 3. The lowest BCUT2D eigenvalue weighted by atomic mass is 9.73. The summed E-state index contributed by atoms with van der Waals surface area (Å²) in [5.41, 5.74) is 0.520. The van der Waals surface area contributed by atoms with Gasteiger partial charge < -0.3 is 9.47 Å². The van der Waals surface area contributed by atoms with E-state index in [2.05, 4.69) is 0 Å². The molecular formula is C14H14O4. The summed E-state index contributed by atoms with van der Waals surface area (Å²) in [7, 11) is 0. The smallest absolute Gasteiger partial charge is 0.338 e. The van der Waals surface area contributed by atoms with Gasteiger partial charge in [-0.25, -0.2) is 4.79 Å². The molecule has 1 aromatic rings. The van der Waals surface area contributed by atoms with E-state index in [-0.39, 0.29) is 36.5 Å². The van der Waals surface area contributed by atoms with Crippen LogP contribution in [0.1, 0.15) is 23.2 Å². The van der Waals surface area contributed by atoms with E-state index in [4.69, 9.17) is 9.47 Å². The first-order valence-electron chi connectivity index (χ1n) is 6.18. The summed E-state index contributed by atoms with van der Waals surface area (Å²) >= 11 is 0. The van der Waals surface area contributed by atoms with E-state index < -0.39 is 0 Å². The van der Waals surface area contributed by atoms with Crippen LogP contribution in [0.2, 0.25) is 0 Å². The summed E-state index contributed by atoms with van der Waals surface area (Å²) in [5, 5.41) is 0. The van der Waals surface area contributed by atoms with E-state index in [1.807, 2.05) is 6.07 Å². The van der Waals surface area contributed by atoms with Crippen LogP contribution in [0, 0.1) is 11.8 Å². The SMILES string of the molecule is O=C(OC[C@H]1OC(=O)[C@H]2CC[C@H]21)c1ccccc1. The minimum Gasteiger partial charge on any atom is -0.458 e. The first-order valence-corrected chi connectivity index (χ1v) is 6.18. The Morgan fingerprint density at radius 3 is 2.67 bits per heavy atom. The maximum absolute atomic E-state index is 11.7. The molecule has 18 heavy (non-hydrogen) atoms. The molecule has 1 heterocycles. The number of esters is 2. The highest BCUT2D eigenvalue weighted by Crippen LogP contribution is 2.44. The van der Waals surface area contributed by atoms with Crippen LogP contribution in [0.3, 0.4) is 0 Å². The van der Waals surface area contributed by atoms with E-state index in [0.717, 1.165) is 12.8 Å². The van der Waals surface area contributed by atoms with Crippen LogP contribution in [0.4, 0.5) is 0 Å². The molecule has 1 aromatic carbocycles. The number of carbonyl (C=O) groups is 2. The van der Waals surface area contributed by atoms with Gasteiger partial charge in [0.25, 0.3) is 0 Å². The minimum absolute atomic E-state index is 0.0467. The van der Waals surface area contributed by atoms with E-state index in [1.165, 1.54) is 0 Å². The Balaban J connectivity index is 1.56. The van der Waals surface area contributed by atoms with Gasteiger partial charge in [-0.05, 0) is 25.0 Å². The molecule has 4 heteroatoms. The minimum atomic E-state index is -0.366. The number of ether oxygens (including phenoxy) is 2. The van der Waals surface area contributed by atoms with Gasteiger partial charge >= 0.3 is 11.9 Å². The van der Waals surface area contributed by atoms with Crippen LogP contribution < -0.4 is 0 Å². The number of cyclic esters (lactones) is 1. The van der Waals surface area contributed by atoms with Gasteiger partial charge in [-0.2, -0.15) is 0 Å². The van der Waals surface area contributed by atoms with E-state index >= 15 is 0 Å². The fourth-order valence-electron chi connectivity index (χ4n) is 2.56. The van der Waals surface area contributed by atoms with Gasteiger partial charge in [-0.1, -0.05) is 18.2 Å². The van der Waals surface area contributed by atoms with Crippen molar-refractivity contribution in [1.82, 2.24) is 0 Å². The van der Waals surface area contributed by atoms with Gasteiger partial charge in [0, 0.05) is 5.92 Å². The second-order valence-electron chi connectivity index (χ2n) is 4.79. The standard InChI is InChI=1S/C14H14O4/c15-13(9-4-2-1-3-5-9)17-8-12-10-6-7-11(10)14(16)18-12/h1-5,10-12H,6-8H2/t10-,11+,12-/m1/s1. The quantitative estimate of drug-likeness (QED) is 0.763. The highest BCUT2D eigenvalue weighted by molar-refractivity contribution is 5.89. The third-order valence-electron chi connectivity index (χ3n) is 3.76. The Kier molecular flexibility index (Phi) is 2.78. The topological polar surface area (TPSA) is 52.6 Å². The molecule has 1 saturated heterocycles. The molecule has 2 fully saturated rings. The fourth-order valence-corrected chi connectivity index (χ4v) is 2.56. The summed E-state index contributed by atoms with van der Waals surface area (Å²) in [4.78, 5) is 23.1. The Morgan fingerprint density at radius 1 is 1.28 bits per heavy atom. The number of hydrogen-bond donors (Lipinski definition) is 0. The predicted octanol–water partition coefficient (Wildman–Crippen LogP) is 1.79. The molecule has 4 nitrogen and oxygen atoms in total. The summed E-state index contributed by atoms with van der Waals surface area (Å²) < 4.78 is 10.4. The molecule has 0 amide bonds. The molecule has 0 unspecified atom stereocenters. The van der Waals surface area contributed by atoms with Crippen LogP contribution in [0.15, 0.2) is 30.3 Å². The zero-order chi connectivity index (χ0) is 12.5. The predicted molar refractivity (Wildman–Crippen MR) is 62.8 cm³/mol. The first-order chi connectivity index (χ1) is 8.75. The highest BCUT2D eigenvalue weighted by atomic mass is 16.6.